The zero-order valence-corrected chi connectivity index (χ0v) is 19.8. The van der Waals surface area contributed by atoms with Crippen LogP contribution < -0.4 is 10.5 Å². The molecule has 0 unspecified atom stereocenters. The second kappa shape index (κ2) is 8.55. The number of allylic oxidation sites excluding steroid dienone is 1. The number of ether oxygens (including phenoxy) is 1. The summed E-state index contributed by atoms with van der Waals surface area (Å²) in [4.78, 5) is 43.6. The monoisotopic (exact) mass is 495 g/mol. The number of nitrogens with zero attached hydrogens (tertiary/aromatic N) is 6. The summed E-state index contributed by atoms with van der Waals surface area (Å²) < 4.78 is 9.51. The number of benzene rings is 2. The van der Waals surface area contributed by atoms with Gasteiger partial charge < -0.3 is 24.5 Å². The normalized spacial score (nSPS) is 15.4. The fraction of sp³-hybridized carbons (Fsp3) is 0.154. The van der Waals surface area contributed by atoms with Crippen LogP contribution in [0.4, 0.5) is 0 Å². The van der Waals surface area contributed by atoms with Crippen molar-refractivity contribution in [2.45, 2.75) is 13.1 Å². The van der Waals surface area contributed by atoms with Crippen molar-refractivity contribution in [3.8, 4) is 17.3 Å². The Kier molecular flexibility index (Phi) is 5.18. The van der Waals surface area contributed by atoms with E-state index in [1.807, 2.05) is 22.4 Å². The van der Waals surface area contributed by atoms with E-state index >= 15 is 0 Å². The first-order valence-corrected chi connectivity index (χ1v) is 11.6. The number of aryl methyl sites for hydroxylation is 1. The number of fused-ring (bicyclic) bond motifs is 2. The Bertz CT molecular complexity index is 1610. The maximum Gasteiger partial charge on any atom is 0.254 e. The molecule has 11 nitrogen and oxygen atoms in total. The van der Waals surface area contributed by atoms with Crippen LogP contribution in [0, 0.1) is 0 Å². The summed E-state index contributed by atoms with van der Waals surface area (Å²) in [6, 6.07) is 11.6. The number of rotatable bonds is 4. The van der Waals surface area contributed by atoms with Crippen LogP contribution in [0.2, 0.25) is 0 Å². The van der Waals surface area contributed by atoms with E-state index in [9.17, 15) is 14.4 Å². The van der Waals surface area contributed by atoms with Gasteiger partial charge in [0.05, 0.1) is 24.0 Å². The molecule has 0 bridgehead atoms. The third-order valence-electron chi connectivity index (χ3n) is 6.39. The van der Waals surface area contributed by atoms with Gasteiger partial charge >= 0.3 is 0 Å². The molecule has 11 heteroatoms. The molecule has 37 heavy (non-hydrogen) atoms. The molecular weight excluding hydrogens is 474 g/mol. The van der Waals surface area contributed by atoms with Gasteiger partial charge in [-0.3, -0.25) is 14.4 Å². The highest BCUT2D eigenvalue weighted by atomic mass is 16.5. The van der Waals surface area contributed by atoms with Gasteiger partial charge in [0.15, 0.2) is 23.2 Å². The smallest absolute Gasteiger partial charge is 0.254 e. The van der Waals surface area contributed by atoms with E-state index in [-0.39, 0.29) is 28.8 Å². The number of para-hydroxylation sites is 1. The molecule has 6 rings (SSSR count). The van der Waals surface area contributed by atoms with E-state index in [1.165, 1.54) is 6.07 Å². The fourth-order valence-corrected chi connectivity index (χ4v) is 4.51. The van der Waals surface area contributed by atoms with Crippen LogP contribution in [0.15, 0.2) is 60.7 Å². The number of nitrogens with two attached hydrogens (primary N) is 1. The second-order valence-corrected chi connectivity index (χ2v) is 8.85. The van der Waals surface area contributed by atoms with Gasteiger partial charge in [0, 0.05) is 31.9 Å². The topological polar surface area (TPSA) is 138 Å². The van der Waals surface area contributed by atoms with Crippen molar-refractivity contribution >= 4 is 23.7 Å². The fourth-order valence-electron chi connectivity index (χ4n) is 4.51. The number of carbonyl (C=O) groups is 3. The Hall–Kier alpha value is -5.06. The number of amides is 2. The summed E-state index contributed by atoms with van der Waals surface area (Å²) in [5.74, 6) is 0.518. The van der Waals surface area contributed by atoms with Gasteiger partial charge in [0.25, 0.3) is 11.8 Å². The average Bonchev–Trinajstić information content (AvgIpc) is 3.60. The highest BCUT2D eigenvalue weighted by Gasteiger charge is 2.31. The number of aromatic nitrogens is 5. The summed E-state index contributed by atoms with van der Waals surface area (Å²) in [6.07, 6.45) is 5.16. The molecular formula is C26H21N7O4. The minimum absolute atomic E-state index is 0.0850. The number of imidazole rings is 1. The molecule has 0 atom stereocenters. The van der Waals surface area contributed by atoms with Crippen molar-refractivity contribution in [3.63, 3.8) is 0 Å². The summed E-state index contributed by atoms with van der Waals surface area (Å²) in [5, 5.41) is 8.54. The summed E-state index contributed by atoms with van der Waals surface area (Å²) in [5.41, 5.74) is 7.76. The first-order valence-electron chi connectivity index (χ1n) is 11.6. The first kappa shape index (κ1) is 22.4. The number of hydrogen-bond donors (Lipinski definition) is 1. The second-order valence-electron chi connectivity index (χ2n) is 8.85. The van der Waals surface area contributed by atoms with Gasteiger partial charge in [-0.15, -0.1) is 10.2 Å². The standard InChI is InChI=1S/C26H21N7O4/c1-31-12-19(28-14-31)25-30-29-21-13-32(9-10-33(21)25)26(36)16-7-5-15(6-8-16)11-20-22(34)17-3-2-4-18(24(27)35)23(17)37-20/h2-8,11-12,14H,9-10,13H2,1H3,(H2,27,35)/b20-11-. The zero-order chi connectivity index (χ0) is 25.7. The van der Waals surface area contributed by atoms with E-state index in [1.54, 1.807) is 53.7 Å². The molecule has 2 aromatic carbocycles. The van der Waals surface area contributed by atoms with Crippen LogP contribution in [-0.2, 0) is 20.1 Å². The Labute approximate surface area is 210 Å². The van der Waals surface area contributed by atoms with Crippen LogP contribution in [0.3, 0.4) is 0 Å². The zero-order valence-electron chi connectivity index (χ0n) is 19.8. The highest BCUT2D eigenvalue weighted by Crippen LogP contribution is 2.35. The number of primary amides is 1. The number of carbonyl (C=O) groups excluding carboxylic acids is 3. The van der Waals surface area contributed by atoms with E-state index in [4.69, 9.17) is 10.5 Å². The lowest BCUT2D eigenvalue weighted by Crippen LogP contribution is -2.38. The largest absolute Gasteiger partial charge is 0.452 e. The van der Waals surface area contributed by atoms with E-state index < -0.39 is 5.91 Å². The van der Waals surface area contributed by atoms with Gasteiger partial charge in [-0.05, 0) is 35.9 Å². The van der Waals surface area contributed by atoms with Crippen molar-refractivity contribution in [1.82, 2.24) is 29.2 Å². The molecule has 0 spiro atoms. The molecule has 2 N–H and O–H groups in total. The summed E-state index contributed by atoms with van der Waals surface area (Å²) in [7, 11) is 1.89. The quantitative estimate of drug-likeness (QED) is 0.428. The number of ketones is 1. The van der Waals surface area contributed by atoms with Crippen molar-refractivity contribution in [2.24, 2.45) is 12.8 Å². The molecule has 4 aromatic rings. The van der Waals surface area contributed by atoms with Crippen molar-refractivity contribution in [2.75, 3.05) is 6.54 Å². The van der Waals surface area contributed by atoms with Crippen LogP contribution in [0.25, 0.3) is 17.6 Å². The molecule has 2 amide bonds. The van der Waals surface area contributed by atoms with E-state index in [0.717, 1.165) is 5.69 Å². The molecule has 184 valence electrons. The molecule has 0 saturated carbocycles. The van der Waals surface area contributed by atoms with Gasteiger partial charge in [-0.25, -0.2) is 4.98 Å². The summed E-state index contributed by atoms with van der Waals surface area (Å²) >= 11 is 0. The van der Waals surface area contributed by atoms with E-state index in [2.05, 4.69) is 15.2 Å². The van der Waals surface area contributed by atoms with Crippen LogP contribution in [0.5, 0.6) is 5.75 Å². The highest BCUT2D eigenvalue weighted by molar-refractivity contribution is 6.16. The van der Waals surface area contributed by atoms with Crippen LogP contribution in [-0.4, -0.2) is 53.4 Å². The maximum absolute atomic E-state index is 13.2. The Balaban J connectivity index is 1.17. The molecule has 0 saturated heterocycles. The van der Waals surface area contributed by atoms with Crippen LogP contribution >= 0.6 is 0 Å². The van der Waals surface area contributed by atoms with Crippen molar-refractivity contribution in [1.29, 1.82) is 0 Å². The molecule has 4 heterocycles. The van der Waals surface area contributed by atoms with E-state index in [0.29, 0.717) is 48.0 Å². The number of hydrogen-bond acceptors (Lipinski definition) is 7. The minimum Gasteiger partial charge on any atom is -0.452 e. The third kappa shape index (κ3) is 3.86. The van der Waals surface area contributed by atoms with Gasteiger partial charge in [-0.1, -0.05) is 18.2 Å². The number of Topliss-reactive ketones (excluding diaryl/α,β-unsaturated/α-hetero) is 1. The van der Waals surface area contributed by atoms with Crippen molar-refractivity contribution < 1.29 is 19.1 Å². The molecule has 0 aliphatic carbocycles. The molecule has 0 radical (unpaired) electrons. The molecule has 2 aromatic heterocycles. The van der Waals surface area contributed by atoms with Gasteiger partial charge in [0.1, 0.15) is 5.69 Å². The third-order valence-corrected chi connectivity index (χ3v) is 6.39. The Morgan fingerprint density at radius 2 is 1.89 bits per heavy atom. The lowest BCUT2D eigenvalue weighted by Gasteiger charge is -2.27. The molecule has 0 fully saturated rings. The first-order chi connectivity index (χ1) is 17.9. The summed E-state index contributed by atoms with van der Waals surface area (Å²) in [6.45, 7) is 1.42. The molecule has 2 aliphatic heterocycles. The Morgan fingerprint density at radius 1 is 1.08 bits per heavy atom. The predicted octanol–water partition coefficient (Wildman–Crippen LogP) is 2.05. The van der Waals surface area contributed by atoms with Crippen LogP contribution in [0.1, 0.15) is 42.5 Å². The predicted molar refractivity (Wildman–Crippen MR) is 131 cm³/mol. The Morgan fingerprint density at radius 3 is 2.62 bits per heavy atom. The SMILES string of the molecule is Cn1cnc(-c2nnc3n2CCN(C(=O)c2ccc(/C=C4\Oc5c(C(N)=O)cccc5C4=O)cc2)C3)c1. The molecule has 2 aliphatic rings. The van der Waals surface area contributed by atoms with Crippen molar-refractivity contribution in [3.05, 3.63) is 88.8 Å². The minimum atomic E-state index is -0.669. The lowest BCUT2D eigenvalue weighted by molar-refractivity contribution is 0.0707. The van der Waals surface area contributed by atoms with Gasteiger partial charge in [-0.2, -0.15) is 0 Å². The lowest BCUT2D eigenvalue weighted by atomic mass is 10.0. The van der Waals surface area contributed by atoms with Gasteiger partial charge in [0.2, 0.25) is 5.78 Å². The maximum atomic E-state index is 13.2. The average molecular weight is 495 g/mol.